The Balaban J connectivity index is 2.20. The lowest BCUT2D eigenvalue weighted by atomic mass is 10.0. The summed E-state index contributed by atoms with van der Waals surface area (Å²) >= 11 is 0. The Morgan fingerprint density at radius 1 is 0.679 bits per heavy atom. The molecule has 3 N–H and O–H groups in total. The van der Waals surface area contributed by atoms with Gasteiger partial charge in [-0.25, -0.2) is 4.57 Å². The van der Waals surface area contributed by atoms with Crippen molar-refractivity contribution in [2.45, 2.75) is 193 Å². The third-order valence-corrected chi connectivity index (χ3v) is 10.2. The molecule has 9 nitrogen and oxygen atoms in total. The van der Waals surface area contributed by atoms with Gasteiger partial charge in [0.2, 0.25) is 0 Å². The maximum Gasteiger partial charge on any atom is 0.472 e. The van der Waals surface area contributed by atoms with Crippen molar-refractivity contribution in [1.29, 1.82) is 0 Å². The molecule has 4 unspecified atom stereocenters. The summed E-state index contributed by atoms with van der Waals surface area (Å²) in [7, 11) is -4.31. The lowest BCUT2D eigenvalue weighted by molar-refractivity contribution is -0.153. The van der Waals surface area contributed by atoms with Crippen molar-refractivity contribution in [3.05, 3.63) is 48.8 Å². The molecular weight excluding hydrogens is 689 g/mol. The maximum atomic E-state index is 12.6. The van der Waals surface area contributed by atoms with Gasteiger partial charge >= 0.3 is 13.8 Å². The number of carbonyl (C=O) groups excluding carboxylic acids is 1. The number of rotatable bonds is 39. The van der Waals surface area contributed by atoms with Crippen LogP contribution in [0.1, 0.15) is 174 Å². The van der Waals surface area contributed by atoms with Crippen LogP contribution in [0.4, 0.5) is 0 Å². The van der Waals surface area contributed by atoms with Gasteiger partial charge in [-0.05, 0) is 63.9 Å². The van der Waals surface area contributed by atoms with Gasteiger partial charge in [0.1, 0.15) is 6.61 Å². The van der Waals surface area contributed by atoms with Gasteiger partial charge in [0.25, 0.3) is 0 Å². The maximum absolute atomic E-state index is 12.6. The van der Waals surface area contributed by atoms with E-state index in [0.717, 1.165) is 38.5 Å². The number of unbranched alkanes of at least 4 members (excludes halogenated alkanes) is 18. The van der Waals surface area contributed by atoms with E-state index in [4.69, 9.17) is 29.0 Å². The molecule has 0 radical (unpaired) electrons. The Hall–Kier alpha value is -1.74. The van der Waals surface area contributed by atoms with Gasteiger partial charge in [-0.3, -0.25) is 13.8 Å². The van der Waals surface area contributed by atoms with E-state index in [-0.39, 0.29) is 32.8 Å². The van der Waals surface area contributed by atoms with Crippen molar-refractivity contribution in [2.75, 3.05) is 26.4 Å². The molecule has 0 aromatic heterocycles. The third-order valence-electron chi connectivity index (χ3n) is 9.22. The molecule has 1 saturated heterocycles. The average molecular weight is 768 g/mol. The van der Waals surface area contributed by atoms with Crippen molar-refractivity contribution >= 4 is 13.8 Å². The minimum Gasteiger partial charge on any atom is -0.498 e. The van der Waals surface area contributed by atoms with Crippen LogP contribution in [0.3, 0.4) is 0 Å². The lowest BCUT2D eigenvalue weighted by Crippen LogP contribution is -2.27. The van der Waals surface area contributed by atoms with Crippen LogP contribution in [0.5, 0.6) is 0 Å². The quantitative estimate of drug-likeness (QED) is 0.0157. The van der Waals surface area contributed by atoms with E-state index in [1.54, 1.807) is 6.26 Å². The van der Waals surface area contributed by atoms with Gasteiger partial charge in [-0.15, -0.1) is 0 Å². The van der Waals surface area contributed by atoms with Crippen LogP contribution in [0.2, 0.25) is 0 Å². The Kier molecular flexibility index (Phi) is 33.4. The van der Waals surface area contributed by atoms with E-state index < -0.39 is 19.9 Å². The van der Waals surface area contributed by atoms with Crippen LogP contribution in [0.25, 0.3) is 0 Å². The number of esters is 1. The molecule has 1 aliphatic rings. The van der Waals surface area contributed by atoms with Crippen LogP contribution < -0.4 is 5.73 Å². The summed E-state index contributed by atoms with van der Waals surface area (Å²) in [5, 5.41) is 0. The second kappa shape index (κ2) is 35.9. The van der Waals surface area contributed by atoms with Gasteiger partial charge in [-0.1, -0.05) is 147 Å². The Bertz CT molecular complexity index is 1020. The van der Waals surface area contributed by atoms with Crippen LogP contribution in [0.15, 0.2) is 48.8 Å². The Labute approximate surface area is 324 Å². The number of epoxide rings is 1. The molecule has 0 aromatic carbocycles. The van der Waals surface area contributed by atoms with E-state index in [0.29, 0.717) is 18.6 Å². The van der Waals surface area contributed by atoms with Gasteiger partial charge in [0.05, 0.1) is 31.7 Å². The highest BCUT2D eigenvalue weighted by Crippen LogP contribution is 2.43. The zero-order valence-corrected chi connectivity index (χ0v) is 34.6. The predicted molar refractivity (Wildman–Crippen MR) is 219 cm³/mol. The number of nitrogens with two attached hydrogens (primary N) is 1. The molecule has 1 heterocycles. The van der Waals surface area contributed by atoms with E-state index in [9.17, 15) is 14.3 Å². The fraction of sp³-hybridized carbons (Fsp3) is 0.791. The molecule has 0 saturated carbocycles. The molecular formula is C43H78NO8P. The number of phosphoric acid groups is 1. The largest absolute Gasteiger partial charge is 0.498 e. The average Bonchev–Trinajstić information content (AvgIpc) is 3.90. The zero-order chi connectivity index (χ0) is 38.5. The van der Waals surface area contributed by atoms with Crippen molar-refractivity contribution in [2.24, 2.45) is 5.73 Å². The second-order valence-electron chi connectivity index (χ2n) is 14.3. The van der Waals surface area contributed by atoms with Crippen molar-refractivity contribution in [3.8, 4) is 0 Å². The first-order valence-electron chi connectivity index (χ1n) is 21.3. The number of phosphoric ester groups is 1. The number of ether oxygens (including phenoxy) is 3. The third kappa shape index (κ3) is 33.3. The van der Waals surface area contributed by atoms with E-state index in [1.807, 2.05) is 6.08 Å². The summed E-state index contributed by atoms with van der Waals surface area (Å²) < 4.78 is 38.9. The molecule has 0 aromatic rings. The van der Waals surface area contributed by atoms with Crippen molar-refractivity contribution < 1.29 is 37.5 Å². The molecule has 0 spiro atoms. The highest BCUT2D eigenvalue weighted by molar-refractivity contribution is 7.47. The standard InChI is InChI=1S/C43H78NO8P/c1-3-5-7-9-11-12-13-14-15-16-17-18-19-23-27-31-36-48-38-40(39-50-53(46,47)49-37-35-44)51-43(45)34-30-26-22-20-21-25-29-33-42-41(52-42)32-28-24-10-8-6-4-2/h20,22,24-25,28-29,31,36,40-42H,3-19,21,23,26-27,30,32-35,37-39,44H2,1-2H3,(H,46,47). The fourth-order valence-electron chi connectivity index (χ4n) is 5.94. The zero-order valence-electron chi connectivity index (χ0n) is 33.7. The highest BCUT2D eigenvalue weighted by Gasteiger charge is 2.36. The van der Waals surface area contributed by atoms with E-state index >= 15 is 0 Å². The van der Waals surface area contributed by atoms with Crippen molar-refractivity contribution in [1.82, 2.24) is 0 Å². The fourth-order valence-corrected chi connectivity index (χ4v) is 6.70. The van der Waals surface area contributed by atoms with Crippen molar-refractivity contribution in [3.63, 3.8) is 0 Å². The molecule has 0 aliphatic carbocycles. The van der Waals surface area contributed by atoms with Gasteiger partial charge in [0.15, 0.2) is 6.10 Å². The minimum atomic E-state index is -4.31. The predicted octanol–water partition coefficient (Wildman–Crippen LogP) is 11.7. The second-order valence-corrected chi connectivity index (χ2v) is 15.8. The first-order valence-corrected chi connectivity index (χ1v) is 22.8. The molecule has 0 amide bonds. The monoisotopic (exact) mass is 768 g/mol. The molecule has 10 heteroatoms. The summed E-state index contributed by atoms with van der Waals surface area (Å²) in [5.41, 5.74) is 5.36. The Morgan fingerprint density at radius 2 is 1.19 bits per heavy atom. The number of allylic oxidation sites excluding steroid dienone is 5. The molecule has 308 valence electrons. The number of hydrogen-bond donors (Lipinski definition) is 2. The number of carbonyl (C=O) groups is 1. The number of hydrogen-bond acceptors (Lipinski definition) is 8. The highest BCUT2D eigenvalue weighted by atomic mass is 31.2. The molecule has 53 heavy (non-hydrogen) atoms. The summed E-state index contributed by atoms with van der Waals surface area (Å²) in [6.45, 7) is 4.14. The molecule has 1 fully saturated rings. The normalized spacial score (nSPS) is 17.7. The van der Waals surface area contributed by atoms with E-state index in [1.165, 1.54) is 109 Å². The van der Waals surface area contributed by atoms with E-state index in [2.05, 4.69) is 50.3 Å². The minimum absolute atomic E-state index is 0.00645. The van der Waals surface area contributed by atoms with Crippen LogP contribution in [-0.2, 0) is 32.6 Å². The smallest absolute Gasteiger partial charge is 0.472 e. The summed E-state index contributed by atoms with van der Waals surface area (Å²) in [6.07, 6.45) is 45.4. The molecule has 1 rings (SSSR count). The first-order chi connectivity index (χ1) is 25.9. The summed E-state index contributed by atoms with van der Waals surface area (Å²) in [4.78, 5) is 22.4. The van der Waals surface area contributed by atoms with Gasteiger partial charge in [0, 0.05) is 13.0 Å². The molecule has 0 bridgehead atoms. The SMILES string of the molecule is CCCCCC=CCC1OC1CC=CCC=CCCCC(=O)OC(COC=CCCCCCCCCCCCCCCCC)COP(=O)(O)OCCN. The van der Waals surface area contributed by atoms with Crippen LogP contribution in [-0.4, -0.2) is 55.5 Å². The van der Waals surface area contributed by atoms with Crippen LogP contribution in [0, 0.1) is 0 Å². The summed E-state index contributed by atoms with van der Waals surface area (Å²) in [6, 6.07) is 0. The van der Waals surface area contributed by atoms with Crippen LogP contribution >= 0.6 is 7.82 Å². The van der Waals surface area contributed by atoms with Gasteiger partial charge < -0.3 is 24.8 Å². The Morgan fingerprint density at radius 3 is 1.83 bits per heavy atom. The molecule has 4 atom stereocenters. The lowest BCUT2D eigenvalue weighted by Gasteiger charge is -2.19. The summed E-state index contributed by atoms with van der Waals surface area (Å²) in [5.74, 6) is -0.410. The first kappa shape index (κ1) is 49.3. The topological polar surface area (TPSA) is 130 Å². The molecule has 1 aliphatic heterocycles. The van der Waals surface area contributed by atoms with Gasteiger partial charge in [-0.2, -0.15) is 0 Å².